The van der Waals surface area contributed by atoms with Gasteiger partial charge >= 0.3 is 0 Å². The van der Waals surface area contributed by atoms with E-state index in [4.69, 9.17) is 14.7 Å². The van der Waals surface area contributed by atoms with Gasteiger partial charge in [-0.1, -0.05) is 36.6 Å². The first kappa shape index (κ1) is 20.3. The van der Waals surface area contributed by atoms with E-state index in [1.165, 1.54) is 17.8 Å². The van der Waals surface area contributed by atoms with Gasteiger partial charge in [0.2, 0.25) is 11.8 Å². The molecule has 2 heterocycles. The summed E-state index contributed by atoms with van der Waals surface area (Å²) in [6.45, 7) is 5.21. The third-order valence-corrected chi connectivity index (χ3v) is 5.74. The number of nitrogens with zero attached hydrogens (tertiary/aromatic N) is 3. The number of rotatable bonds is 8. The summed E-state index contributed by atoms with van der Waals surface area (Å²) >= 11 is 1.46. The number of carbonyl (C=O) groups is 1. The van der Waals surface area contributed by atoms with Gasteiger partial charge in [-0.25, -0.2) is 4.98 Å². The molecule has 0 bridgehead atoms. The highest BCUT2D eigenvalue weighted by molar-refractivity contribution is 7.99. The largest absolute Gasteiger partial charge is 0.479 e. The number of anilines is 3. The second kappa shape index (κ2) is 9.21. The van der Waals surface area contributed by atoms with Gasteiger partial charge < -0.3 is 20.3 Å². The average molecular weight is 424 g/mol. The van der Waals surface area contributed by atoms with Crippen molar-refractivity contribution in [1.82, 2.24) is 9.97 Å². The molecule has 1 aliphatic heterocycles. The Hall–Kier alpha value is -3.00. The predicted octanol–water partition coefficient (Wildman–Crippen LogP) is 4.10. The number of hydrogen-bond acceptors (Lipinski definition) is 7. The summed E-state index contributed by atoms with van der Waals surface area (Å²) in [6.07, 6.45) is 8.90. The fourth-order valence-electron chi connectivity index (χ4n) is 3.11. The Morgan fingerprint density at radius 1 is 1.33 bits per heavy atom. The van der Waals surface area contributed by atoms with Gasteiger partial charge in [-0.05, 0) is 43.5 Å². The molecule has 0 spiro atoms. The lowest BCUT2D eigenvalue weighted by atomic mass is 10.2. The monoisotopic (exact) mass is 423 g/mol. The van der Waals surface area contributed by atoms with E-state index in [1.54, 1.807) is 7.11 Å². The number of carbonyl (C=O) groups excluding carboxylic acids is 1. The summed E-state index contributed by atoms with van der Waals surface area (Å²) < 4.78 is 5.59. The SMILES string of the molecule is C=CC(=O)Nc1cccc(Sc2nc(NC3CC3)c(N3CC=CCC3)nc2OC)c1. The molecule has 1 aliphatic carbocycles. The lowest BCUT2D eigenvalue weighted by Gasteiger charge is -2.27. The van der Waals surface area contributed by atoms with Crippen LogP contribution in [0.25, 0.3) is 0 Å². The van der Waals surface area contributed by atoms with Crippen LogP contribution in [0.5, 0.6) is 5.88 Å². The summed E-state index contributed by atoms with van der Waals surface area (Å²) in [4.78, 5) is 24.5. The summed E-state index contributed by atoms with van der Waals surface area (Å²) in [6, 6.07) is 8.04. The maximum absolute atomic E-state index is 11.6. The van der Waals surface area contributed by atoms with E-state index < -0.39 is 0 Å². The van der Waals surface area contributed by atoms with Gasteiger partial charge in [-0.3, -0.25) is 4.79 Å². The molecule has 1 aromatic heterocycles. The first-order valence-electron chi connectivity index (χ1n) is 10.00. The summed E-state index contributed by atoms with van der Waals surface area (Å²) in [5, 5.41) is 6.99. The number of nitrogens with one attached hydrogen (secondary N) is 2. The van der Waals surface area contributed by atoms with Crippen molar-refractivity contribution in [2.24, 2.45) is 0 Å². The first-order chi connectivity index (χ1) is 14.7. The maximum atomic E-state index is 11.6. The molecule has 8 heteroatoms. The average Bonchev–Trinajstić information content (AvgIpc) is 3.59. The number of amides is 1. The molecule has 2 aromatic rings. The number of ether oxygens (including phenoxy) is 1. The maximum Gasteiger partial charge on any atom is 0.249 e. The van der Waals surface area contributed by atoms with Gasteiger partial charge in [-0.15, -0.1) is 0 Å². The van der Waals surface area contributed by atoms with E-state index in [0.29, 0.717) is 22.6 Å². The Morgan fingerprint density at radius 3 is 2.90 bits per heavy atom. The van der Waals surface area contributed by atoms with Crippen molar-refractivity contribution in [1.29, 1.82) is 0 Å². The number of hydrogen-bond donors (Lipinski definition) is 2. The van der Waals surface area contributed by atoms with Crippen LogP contribution in [-0.2, 0) is 4.79 Å². The van der Waals surface area contributed by atoms with E-state index in [2.05, 4.69) is 34.3 Å². The lowest BCUT2D eigenvalue weighted by Crippen LogP contribution is -2.29. The smallest absolute Gasteiger partial charge is 0.249 e. The van der Waals surface area contributed by atoms with Gasteiger partial charge in [0.05, 0.1) is 7.11 Å². The minimum absolute atomic E-state index is 0.245. The van der Waals surface area contributed by atoms with Gasteiger partial charge in [0.15, 0.2) is 16.7 Å². The normalized spacial score (nSPS) is 15.6. The molecule has 1 aromatic carbocycles. The van der Waals surface area contributed by atoms with Crippen molar-refractivity contribution in [3.05, 3.63) is 49.1 Å². The second-order valence-electron chi connectivity index (χ2n) is 7.16. The first-order valence-corrected chi connectivity index (χ1v) is 10.8. The minimum atomic E-state index is -0.245. The van der Waals surface area contributed by atoms with Crippen LogP contribution in [0.2, 0.25) is 0 Å². The van der Waals surface area contributed by atoms with Crippen LogP contribution in [0.15, 0.2) is 59.0 Å². The number of benzene rings is 1. The topological polar surface area (TPSA) is 79.4 Å². The molecule has 1 amide bonds. The molecule has 30 heavy (non-hydrogen) atoms. The molecule has 156 valence electrons. The molecule has 4 rings (SSSR count). The van der Waals surface area contributed by atoms with Gasteiger partial charge in [-0.2, -0.15) is 4.98 Å². The fourth-order valence-corrected chi connectivity index (χ4v) is 4.02. The zero-order chi connectivity index (χ0) is 20.9. The van der Waals surface area contributed by atoms with E-state index in [1.807, 2.05) is 24.3 Å². The summed E-state index contributed by atoms with van der Waals surface area (Å²) in [7, 11) is 1.61. The van der Waals surface area contributed by atoms with Crippen LogP contribution in [0.4, 0.5) is 17.3 Å². The molecule has 2 aliphatic rings. The number of aromatic nitrogens is 2. The number of methoxy groups -OCH3 is 1. The van der Waals surface area contributed by atoms with Crippen molar-refractivity contribution in [2.45, 2.75) is 35.2 Å². The van der Waals surface area contributed by atoms with Crippen molar-refractivity contribution in [2.75, 3.05) is 35.7 Å². The van der Waals surface area contributed by atoms with E-state index >= 15 is 0 Å². The van der Waals surface area contributed by atoms with Crippen LogP contribution in [-0.4, -0.2) is 42.1 Å². The van der Waals surface area contributed by atoms with E-state index in [9.17, 15) is 4.79 Å². The lowest BCUT2D eigenvalue weighted by molar-refractivity contribution is -0.111. The van der Waals surface area contributed by atoms with E-state index in [0.717, 1.165) is 48.9 Å². The highest BCUT2D eigenvalue weighted by atomic mass is 32.2. The summed E-state index contributed by atoms with van der Waals surface area (Å²) in [5.74, 6) is 1.88. The molecular formula is C22H25N5O2S. The summed E-state index contributed by atoms with van der Waals surface area (Å²) in [5.41, 5.74) is 0.699. The molecular weight excluding hydrogens is 398 g/mol. The van der Waals surface area contributed by atoms with Crippen LogP contribution >= 0.6 is 11.8 Å². The molecule has 0 unspecified atom stereocenters. The molecule has 0 radical (unpaired) electrons. The third kappa shape index (κ3) is 4.94. The van der Waals surface area contributed by atoms with E-state index in [-0.39, 0.29) is 5.91 Å². The minimum Gasteiger partial charge on any atom is -0.479 e. The second-order valence-corrected chi connectivity index (χ2v) is 8.22. The van der Waals surface area contributed by atoms with Crippen molar-refractivity contribution in [3.8, 4) is 5.88 Å². The van der Waals surface area contributed by atoms with Crippen molar-refractivity contribution >= 4 is 35.0 Å². The molecule has 1 fully saturated rings. The molecule has 1 saturated carbocycles. The zero-order valence-electron chi connectivity index (χ0n) is 16.9. The fraction of sp³-hybridized carbons (Fsp3) is 0.318. The molecule has 0 saturated heterocycles. The Kier molecular flexibility index (Phi) is 6.23. The third-order valence-electron chi connectivity index (χ3n) is 4.79. The Balaban J connectivity index is 1.64. The van der Waals surface area contributed by atoms with Crippen LogP contribution < -0.4 is 20.3 Å². The van der Waals surface area contributed by atoms with Gasteiger partial charge in [0.1, 0.15) is 0 Å². The Labute approximate surface area is 180 Å². The zero-order valence-corrected chi connectivity index (χ0v) is 17.7. The van der Waals surface area contributed by atoms with Crippen LogP contribution in [0, 0.1) is 0 Å². The van der Waals surface area contributed by atoms with Crippen LogP contribution in [0.3, 0.4) is 0 Å². The van der Waals surface area contributed by atoms with Gasteiger partial charge in [0, 0.05) is 29.7 Å². The van der Waals surface area contributed by atoms with Crippen molar-refractivity contribution in [3.63, 3.8) is 0 Å². The highest BCUT2D eigenvalue weighted by Crippen LogP contribution is 2.38. The Morgan fingerprint density at radius 2 is 2.20 bits per heavy atom. The van der Waals surface area contributed by atoms with Crippen molar-refractivity contribution < 1.29 is 9.53 Å². The molecule has 0 atom stereocenters. The Bertz CT molecular complexity index is 974. The highest BCUT2D eigenvalue weighted by Gasteiger charge is 2.27. The van der Waals surface area contributed by atoms with Gasteiger partial charge in [0.25, 0.3) is 0 Å². The predicted molar refractivity (Wildman–Crippen MR) is 121 cm³/mol. The van der Waals surface area contributed by atoms with Crippen LogP contribution in [0.1, 0.15) is 19.3 Å². The quantitative estimate of drug-likeness (QED) is 0.489. The standard InChI is InChI=1S/C22H25N5O2S/c1-3-18(28)23-16-8-7-9-17(14-16)30-22-21(29-2)26-20(27-12-5-4-6-13-27)19(25-22)24-15-10-11-15/h3-5,7-9,14-15H,1,6,10-13H2,2H3,(H,23,28)(H,24,25). The molecule has 7 nitrogen and oxygen atoms in total. The molecule has 2 N–H and O–H groups in total.